The van der Waals surface area contributed by atoms with E-state index in [0.29, 0.717) is 11.8 Å². The van der Waals surface area contributed by atoms with Crippen LogP contribution in [-0.2, 0) is 37.5 Å². The zero-order valence-corrected chi connectivity index (χ0v) is 9.70. The molecule has 0 aliphatic heterocycles. The molecule has 0 aromatic heterocycles. The number of fused-ring (bicyclic) bond motifs is 2. The molecule has 0 saturated heterocycles. The van der Waals surface area contributed by atoms with Crippen molar-refractivity contribution in [3.05, 3.63) is 24.8 Å². The maximum Gasteiger partial charge on any atom is 0 e. The predicted octanol–water partition coefficient (Wildman–Crippen LogP) is 1.52. The van der Waals surface area contributed by atoms with Gasteiger partial charge in [-0.05, 0) is 18.3 Å². The standard InChI is InChI=1S/C10H10O.Y/c1-2-9-7-3-4-8(5-7)10(9)6-11;/h3-4,7-10H,1,5H2;/q-2;. The van der Waals surface area contributed by atoms with Crippen LogP contribution in [0.1, 0.15) is 6.42 Å². The Balaban J connectivity index is 0.000000720. The van der Waals surface area contributed by atoms with E-state index in [-0.39, 0.29) is 44.5 Å². The second-order valence-electron chi connectivity index (χ2n) is 3.32. The molecule has 1 nitrogen and oxygen atoms in total. The third-order valence-electron chi connectivity index (χ3n) is 2.83. The SMILES string of the molecule is C=[C-]C1C2C=CC(C2)C1[C-]=O.[Y]. The largest absolute Gasteiger partial charge is 0.542 e. The van der Waals surface area contributed by atoms with Crippen LogP contribution in [0.2, 0.25) is 0 Å². The fraction of sp³-hybridized carbons (Fsp3) is 0.500. The third kappa shape index (κ3) is 1.38. The van der Waals surface area contributed by atoms with E-state index >= 15 is 0 Å². The van der Waals surface area contributed by atoms with Crippen molar-refractivity contribution in [3.8, 4) is 0 Å². The molecule has 0 aromatic carbocycles. The van der Waals surface area contributed by atoms with Gasteiger partial charge in [0.2, 0.25) is 0 Å². The molecule has 12 heavy (non-hydrogen) atoms. The van der Waals surface area contributed by atoms with Crippen LogP contribution in [0.4, 0.5) is 0 Å². The fourth-order valence-corrected chi connectivity index (χ4v) is 2.26. The smallest absolute Gasteiger partial charge is 0 e. The molecule has 1 fully saturated rings. The molecule has 0 heterocycles. The summed E-state index contributed by atoms with van der Waals surface area (Å²) < 4.78 is 0. The van der Waals surface area contributed by atoms with Gasteiger partial charge < -0.3 is 10.9 Å². The monoisotopic (exact) mass is 235 g/mol. The van der Waals surface area contributed by atoms with Crippen LogP contribution in [0.15, 0.2) is 18.7 Å². The van der Waals surface area contributed by atoms with Crippen LogP contribution in [0.3, 0.4) is 0 Å². The van der Waals surface area contributed by atoms with Gasteiger partial charge in [0.15, 0.2) is 0 Å². The van der Waals surface area contributed by atoms with E-state index in [4.69, 9.17) is 0 Å². The average Bonchev–Trinajstić information content (AvgIpc) is 2.60. The Morgan fingerprint density at radius 3 is 2.25 bits per heavy atom. The molecule has 0 amide bonds. The van der Waals surface area contributed by atoms with E-state index in [0.717, 1.165) is 6.42 Å². The molecule has 1 saturated carbocycles. The van der Waals surface area contributed by atoms with E-state index in [1.54, 1.807) is 0 Å². The number of hydrogen-bond acceptors (Lipinski definition) is 1. The minimum absolute atomic E-state index is 0. The summed E-state index contributed by atoms with van der Waals surface area (Å²) >= 11 is 0. The third-order valence-corrected chi connectivity index (χ3v) is 2.83. The zero-order valence-electron chi connectivity index (χ0n) is 6.86. The maximum atomic E-state index is 10.5. The minimum Gasteiger partial charge on any atom is -0.542 e. The predicted molar refractivity (Wildman–Crippen MR) is 42.3 cm³/mol. The summed E-state index contributed by atoms with van der Waals surface area (Å²) in [5.41, 5.74) is 0. The van der Waals surface area contributed by atoms with Gasteiger partial charge >= 0.3 is 0 Å². The van der Waals surface area contributed by atoms with Crippen LogP contribution in [0.5, 0.6) is 0 Å². The molecule has 0 N–H and O–H groups in total. The van der Waals surface area contributed by atoms with Crippen molar-refractivity contribution >= 4 is 6.29 Å². The molecule has 0 spiro atoms. The Bertz CT molecular complexity index is 200. The summed E-state index contributed by atoms with van der Waals surface area (Å²) in [7, 11) is 0. The second kappa shape index (κ2) is 3.97. The summed E-state index contributed by atoms with van der Waals surface area (Å²) in [6.07, 6.45) is 10.4. The number of rotatable bonds is 2. The van der Waals surface area contributed by atoms with Crippen molar-refractivity contribution in [3.63, 3.8) is 0 Å². The molecule has 2 heteroatoms. The molecular formula is C10H10OY-2. The molecule has 2 rings (SSSR count). The van der Waals surface area contributed by atoms with Gasteiger partial charge in [-0.15, -0.1) is 0 Å². The van der Waals surface area contributed by atoms with E-state index in [9.17, 15) is 4.79 Å². The Morgan fingerprint density at radius 2 is 1.83 bits per heavy atom. The molecular weight excluding hydrogens is 225 g/mol. The van der Waals surface area contributed by atoms with Gasteiger partial charge in [0, 0.05) is 32.7 Å². The first-order valence-electron chi connectivity index (χ1n) is 3.95. The molecule has 4 unspecified atom stereocenters. The normalized spacial score (nSPS) is 42.3. The van der Waals surface area contributed by atoms with Crippen LogP contribution < -0.4 is 0 Å². The maximum absolute atomic E-state index is 10.5. The van der Waals surface area contributed by atoms with Gasteiger partial charge in [-0.1, -0.05) is 12.2 Å². The first-order chi connectivity index (χ1) is 5.36. The Hall–Kier alpha value is 0.254. The molecule has 2 bridgehead atoms. The van der Waals surface area contributed by atoms with Gasteiger partial charge in [0.25, 0.3) is 0 Å². The van der Waals surface area contributed by atoms with E-state index in [1.807, 2.05) is 0 Å². The number of hydrogen-bond donors (Lipinski definition) is 0. The topological polar surface area (TPSA) is 17.1 Å². The van der Waals surface area contributed by atoms with E-state index in [1.165, 1.54) is 0 Å². The minimum atomic E-state index is 0. The summed E-state index contributed by atoms with van der Waals surface area (Å²) in [6.45, 7) is 3.62. The Morgan fingerprint density at radius 1 is 1.25 bits per heavy atom. The van der Waals surface area contributed by atoms with Gasteiger partial charge in [0.1, 0.15) is 0 Å². The van der Waals surface area contributed by atoms with Crippen LogP contribution in [-0.4, -0.2) is 6.29 Å². The summed E-state index contributed by atoms with van der Waals surface area (Å²) in [4.78, 5) is 10.5. The first kappa shape index (κ1) is 10.3. The summed E-state index contributed by atoms with van der Waals surface area (Å²) in [6, 6.07) is 0. The van der Waals surface area contributed by atoms with Gasteiger partial charge in [-0.3, -0.25) is 12.9 Å². The first-order valence-corrected chi connectivity index (χ1v) is 3.95. The molecule has 0 aromatic rings. The second-order valence-corrected chi connectivity index (χ2v) is 3.32. The Kier molecular flexibility index (Phi) is 3.42. The summed E-state index contributed by atoms with van der Waals surface area (Å²) in [5, 5.41) is 0. The summed E-state index contributed by atoms with van der Waals surface area (Å²) in [5.74, 6) is 1.23. The van der Waals surface area contributed by atoms with Crippen LogP contribution in [0, 0.1) is 29.7 Å². The number of allylic oxidation sites excluding steroid dienone is 3. The molecule has 1 radical (unpaired) electrons. The van der Waals surface area contributed by atoms with Crippen molar-refractivity contribution < 1.29 is 37.5 Å². The van der Waals surface area contributed by atoms with Crippen molar-refractivity contribution in [1.29, 1.82) is 0 Å². The zero-order chi connectivity index (χ0) is 7.84. The molecule has 2 aliphatic carbocycles. The van der Waals surface area contributed by atoms with Crippen molar-refractivity contribution in [2.24, 2.45) is 23.7 Å². The quantitative estimate of drug-likeness (QED) is 0.524. The average molecular weight is 235 g/mol. The van der Waals surface area contributed by atoms with E-state index < -0.39 is 0 Å². The van der Waals surface area contributed by atoms with Crippen molar-refractivity contribution in [2.45, 2.75) is 6.42 Å². The van der Waals surface area contributed by atoms with Gasteiger partial charge in [-0.2, -0.15) is 11.8 Å². The Labute approximate surface area is 98.2 Å². The van der Waals surface area contributed by atoms with Gasteiger partial charge in [0.05, 0.1) is 0 Å². The van der Waals surface area contributed by atoms with Gasteiger partial charge in [-0.25, -0.2) is 0 Å². The fourth-order valence-electron chi connectivity index (χ4n) is 2.26. The molecule has 4 atom stereocenters. The molecule has 2 aliphatic rings. The van der Waals surface area contributed by atoms with Crippen LogP contribution in [0.25, 0.3) is 0 Å². The van der Waals surface area contributed by atoms with E-state index in [2.05, 4.69) is 31.1 Å². The molecule has 61 valence electrons. The van der Waals surface area contributed by atoms with Crippen molar-refractivity contribution in [2.75, 3.05) is 0 Å². The van der Waals surface area contributed by atoms with Crippen molar-refractivity contribution in [1.82, 2.24) is 0 Å². The van der Waals surface area contributed by atoms with Crippen LogP contribution >= 0.6 is 0 Å². The number of carbonyl (C=O) groups excluding carboxylic acids is 1.